The topological polar surface area (TPSA) is 78.4 Å². The Balaban J connectivity index is 2.07. The first-order valence-electron chi connectivity index (χ1n) is 6.57. The van der Waals surface area contributed by atoms with Gasteiger partial charge in [0.2, 0.25) is 5.91 Å². The largest absolute Gasteiger partial charge is 0.384 e. The van der Waals surface area contributed by atoms with Gasteiger partial charge in [-0.25, -0.2) is 4.39 Å². The Labute approximate surface area is 121 Å². The van der Waals surface area contributed by atoms with E-state index in [0.29, 0.717) is 18.4 Å². The van der Waals surface area contributed by atoms with Gasteiger partial charge in [-0.3, -0.25) is 9.59 Å². The molecule has 1 aromatic carbocycles. The maximum Gasteiger partial charge on any atom is 0.252 e. The number of benzene rings is 1. The minimum atomic E-state index is -0.538. The van der Waals surface area contributed by atoms with Gasteiger partial charge in [0.25, 0.3) is 5.91 Å². The van der Waals surface area contributed by atoms with Gasteiger partial charge < -0.3 is 15.7 Å². The molecule has 1 unspecified atom stereocenters. The minimum absolute atomic E-state index is 0.0329. The van der Waals surface area contributed by atoms with Gasteiger partial charge in [0.15, 0.2) is 0 Å². The van der Waals surface area contributed by atoms with Crippen LogP contribution >= 0.6 is 0 Å². The third kappa shape index (κ3) is 4.04. The van der Waals surface area contributed by atoms with Crippen molar-refractivity contribution in [2.45, 2.75) is 18.9 Å². The molecule has 0 spiro atoms. The fraction of sp³-hybridized carbons (Fsp3) is 0.333. The molecule has 2 amide bonds. The molecular formula is C15H15FN2O3. The maximum atomic E-state index is 13.3. The molecule has 1 atom stereocenters. The van der Waals surface area contributed by atoms with Gasteiger partial charge in [0.05, 0.1) is 5.56 Å². The van der Waals surface area contributed by atoms with Crippen LogP contribution < -0.4 is 10.6 Å². The summed E-state index contributed by atoms with van der Waals surface area (Å²) >= 11 is 0. The third-order valence-corrected chi connectivity index (χ3v) is 3.12. The lowest BCUT2D eigenvalue weighted by atomic mass is 10.1. The van der Waals surface area contributed by atoms with Gasteiger partial charge in [-0.15, -0.1) is 0 Å². The van der Waals surface area contributed by atoms with E-state index in [9.17, 15) is 14.0 Å². The highest BCUT2D eigenvalue weighted by molar-refractivity contribution is 5.96. The van der Waals surface area contributed by atoms with E-state index in [1.54, 1.807) is 0 Å². The Morgan fingerprint density at radius 3 is 3.00 bits per heavy atom. The van der Waals surface area contributed by atoms with Crippen molar-refractivity contribution in [1.82, 2.24) is 10.6 Å². The molecule has 21 heavy (non-hydrogen) atoms. The number of carbonyl (C=O) groups is 2. The van der Waals surface area contributed by atoms with E-state index in [1.807, 2.05) is 0 Å². The molecule has 1 saturated heterocycles. The highest BCUT2D eigenvalue weighted by Gasteiger charge is 2.21. The zero-order valence-corrected chi connectivity index (χ0v) is 11.3. The molecule has 3 N–H and O–H groups in total. The van der Waals surface area contributed by atoms with Crippen molar-refractivity contribution in [2.75, 3.05) is 13.2 Å². The van der Waals surface area contributed by atoms with E-state index in [0.717, 1.165) is 6.07 Å². The second-order valence-corrected chi connectivity index (χ2v) is 4.66. The van der Waals surface area contributed by atoms with Crippen LogP contribution in [0.4, 0.5) is 4.39 Å². The van der Waals surface area contributed by atoms with Crippen LogP contribution in [0.3, 0.4) is 0 Å². The average Bonchev–Trinajstić information content (AvgIpc) is 2.89. The van der Waals surface area contributed by atoms with E-state index in [1.165, 1.54) is 12.1 Å². The summed E-state index contributed by atoms with van der Waals surface area (Å²) in [4.78, 5) is 23.2. The summed E-state index contributed by atoms with van der Waals surface area (Å²) in [5.41, 5.74) is 0.457. The lowest BCUT2D eigenvalue weighted by Gasteiger charge is -2.12. The van der Waals surface area contributed by atoms with E-state index in [2.05, 4.69) is 22.5 Å². The second-order valence-electron chi connectivity index (χ2n) is 4.66. The predicted molar refractivity (Wildman–Crippen MR) is 73.9 cm³/mol. The van der Waals surface area contributed by atoms with E-state index >= 15 is 0 Å². The molecule has 1 heterocycles. The minimum Gasteiger partial charge on any atom is -0.384 e. The lowest BCUT2D eigenvalue weighted by molar-refractivity contribution is -0.119. The van der Waals surface area contributed by atoms with Gasteiger partial charge in [0, 0.05) is 24.6 Å². The standard InChI is InChI=1S/C15H15FN2O3/c16-11-4-3-10(2-1-7-19)13(8-11)15(21)17-9-12-5-6-14(20)18-12/h3-4,8,12,19H,5-7,9H2,(H,17,21)(H,18,20). The van der Waals surface area contributed by atoms with Crippen molar-refractivity contribution in [3.8, 4) is 11.8 Å². The van der Waals surface area contributed by atoms with Gasteiger partial charge in [-0.1, -0.05) is 11.8 Å². The summed E-state index contributed by atoms with van der Waals surface area (Å²) in [6.45, 7) is -0.0551. The number of nitrogens with one attached hydrogen (secondary N) is 2. The first-order chi connectivity index (χ1) is 10.1. The molecule has 110 valence electrons. The van der Waals surface area contributed by atoms with Gasteiger partial charge in [-0.2, -0.15) is 0 Å². The molecule has 0 radical (unpaired) electrons. The summed E-state index contributed by atoms with van der Waals surface area (Å²) in [5.74, 6) is 4.01. The van der Waals surface area contributed by atoms with Crippen LogP contribution in [-0.2, 0) is 4.79 Å². The molecule has 0 aromatic heterocycles. The molecule has 1 fully saturated rings. The second kappa shape index (κ2) is 6.86. The molecular weight excluding hydrogens is 275 g/mol. The van der Waals surface area contributed by atoms with Crippen LogP contribution in [0.2, 0.25) is 0 Å². The monoisotopic (exact) mass is 290 g/mol. The number of rotatable bonds is 3. The van der Waals surface area contributed by atoms with Crippen molar-refractivity contribution >= 4 is 11.8 Å². The first-order valence-corrected chi connectivity index (χ1v) is 6.57. The lowest BCUT2D eigenvalue weighted by Crippen LogP contribution is -2.38. The highest BCUT2D eigenvalue weighted by Crippen LogP contribution is 2.11. The smallest absolute Gasteiger partial charge is 0.252 e. The Morgan fingerprint density at radius 2 is 2.33 bits per heavy atom. The van der Waals surface area contributed by atoms with Crippen LogP contribution in [0.1, 0.15) is 28.8 Å². The van der Waals surface area contributed by atoms with E-state index in [4.69, 9.17) is 5.11 Å². The van der Waals surface area contributed by atoms with Crippen molar-refractivity contribution in [3.05, 3.63) is 35.1 Å². The molecule has 6 heteroatoms. The number of amides is 2. The number of aliphatic hydroxyl groups excluding tert-OH is 1. The van der Waals surface area contributed by atoms with Crippen molar-refractivity contribution in [3.63, 3.8) is 0 Å². The molecule has 0 saturated carbocycles. The number of halogens is 1. The summed E-state index contributed by atoms with van der Waals surface area (Å²) in [5, 5.41) is 14.1. The Morgan fingerprint density at radius 1 is 1.52 bits per heavy atom. The summed E-state index contributed by atoms with van der Waals surface area (Å²) < 4.78 is 13.3. The van der Waals surface area contributed by atoms with Gasteiger partial charge >= 0.3 is 0 Å². The quantitative estimate of drug-likeness (QED) is 0.695. The van der Waals surface area contributed by atoms with Crippen LogP contribution in [0.25, 0.3) is 0 Å². The van der Waals surface area contributed by atoms with Crippen LogP contribution in [0.15, 0.2) is 18.2 Å². The van der Waals surface area contributed by atoms with Gasteiger partial charge in [-0.05, 0) is 24.6 Å². The summed E-state index contributed by atoms with van der Waals surface area (Å²) in [6, 6.07) is 3.60. The molecule has 1 aromatic rings. The number of aliphatic hydroxyl groups is 1. The zero-order valence-electron chi connectivity index (χ0n) is 11.3. The molecule has 0 aliphatic carbocycles. The Kier molecular flexibility index (Phi) is 4.90. The van der Waals surface area contributed by atoms with Crippen LogP contribution in [0.5, 0.6) is 0 Å². The fourth-order valence-corrected chi connectivity index (χ4v) is 2.09. The van der Waals surface area contributed by atoms with Crippen molar-refractivity contribution in [2.24, 2.45) is 0 Å². The predicted octanol–water partition coefficient (Wildman–Crippen LogP) is 0.178. The van der Waals surface area contributed by atoms with Gasteiger partial charge in [0.1, 0.15) is 12.4 Å². The summed E-state index contributed by atoms with van der Waals surface area (Å²) in [6.07, 6.45) is 1.12. The van der Waals surface area contributed by atoms with Crippen LogP contribution in [-0.4, -0.2) is 36.1 Å². The molecule has 0 bridgehead atoms. The average molecular weight is 290 g/mol. The van der Waals surface area contributed by atoms with Crippen LogP contribution in [0, 0.1) is 17.7 Å². The maximum absolute atomic E-state index is 13.3. The molecule has 5 nitrogen and oxygen atoms in total. The normalized spacial score (nSPS) is 16.9. The van der Waals surface area contributed by atoms with Crippen molar-refractivity contribution in [1.29, 1.82) is 0 Å². The third-order valence-electron chi connectivity index (χ3n) is 3.12. The number of hydrogen-bond acceptors (Lipinski definition) is 3. The Hall–Kier alpha value is -2.39. The molecule has 1 aliphatic rings. The molecule has 1 aliphatic heterocycles. The van der Waals surface area contributed by atoms with Crippen molar-refractivity contribution < 1.29 is 19.1 Å². The number of hydrogen-bond donors (Lipinski definition) is 3. The number of carbonyl (C=O) groups excluding carboxylic acids is 2. The summed E-state index contributed by atoms with van der Waals surface area (Å²) in [7, 11) is 0. The molecule has 2 rings (SSSR count). The fourth-order valence-electron chi connectivity index (χ4n) is 2.09. The first kappa shape index (κ1) is 15.0. The zero-order chi connectivity index (χ0) is 15.2. The SMILES string of the molecule is O=C1CCC(CNC(=O)c2cc(F)ccc2C#CCO)N1. The Bertz CT molecular complexity index is 619. The highest BCUT2D eigenvalue weighted by atomic mass is 19.1. The van der Waals surface area contributed by atoms with E-state index in [-0.39, 0.29) is 30.7 Å². The van der Waals surface area contributed by atoms with E-state index < -0.39 is 11.7 Å².